The molecule has 0 radical (unpaired) electrons. The number of anilines is 1. The molecule has 1 aliphatic rings. The molecule has 2 N–H and O–H groups in total. The van der Waals surface area contributed by atoms with E-state index in [-0.39, 0.29) is 0 Å². The van der Waals surface area contributed by atoms with Crippen LogP contribution in [0, 0.1) is 5.92 Å². The van der Waals surface area contributed by atoms with Crippen LogP contribution in [0.2, 0.25) is 0 Å². The highest BCUT2D eigenvalue weighted by molar-refractivity contribution is 5.53. The van der Waals surface area contributed by atoms with Gasteiger partial charge < -0.3 is 20.1 Å². The van der Waals surface area contributed by atoms with Crippen molar-refractivity contribution in [3.63, 3.8) is 0 Å². The molecule has 1 saturated heterocycles. The Bertz CT molecular complexity index is 354. The highest BCUT2D eigenvalue weighted by Crippen LogP contribution is 2.26. The van der Waals surface area contributed by atoms with E-state index in [1.165, 1.54) is 12.8 Å². The lowest BCUT2D eigenvalue weighted by atomic mass is 10.00. The maximum Gasteiger partial charge on any atom is 0.124 e. The highest BCUT2D eigenvalue weighted by Gasteiger charge is 2.12. The van der Waals surface area contributed by atoms with Crippen molar-refractivity contribution in [3.05, 3.63) is 18.2 Å². The lowest BCUT2D eigenvalue weighted by molar-refractivity contribution is 0.390. The van der Waals surface area contributed by atoms with Gasteiger partial charge in [0.05, 0.1) is 14.2 Å². The van der Waals surface area contributed by atoms with Crippen LogP contribution in [0.4, 0.5) is 5.69 Å². The average molecular weight is 250 g/mol. The van der Waals surface area contributed by atoms with Gasteiger partial charge in [0.15, 0.2) is 0 Å². The molecule has 1 unspecified atom stereocenters. The summed E-state index contributed by atoms with van der Waals surface area (Å²) in [5.41, 5.74) is 1.05. The van der Waals surface area contributed by atoms with E-state index in [4.69, 9.17) is 9.47 Å². The summed E-state index contributed by atoms with van der Waals surface area (Å²) in [5, 5.41) is 6.89. The monoisotopic (exact) mass is 250 g/mol. The molecule has 0 aliphatic carbocycles. The molecule has 0 bridgehead atoms. The molecule has 1 aromatic rings. The van der Waals surface area contributed by atoms with Crippen LogP contribution in [-0.2, 0) is 0 Å². The highest BCUT2D eigenvalue weighted by atomic mass is 16.5. The van der Waals surface area contributed by atoms with Crippen molar-refractivity contribution in [2.45, 2.75) is 12.8 Å². The minimum Gasteiger partial charge on any atom is -0.497 e. The van der Waals surface area contributed by atoms with Gasteiger partial charge in [-0.1, -0.05) is 0 Å². The molecule has 18 heavy (non-hydrogen) atoms. The third kappa shape index (κ3) is 3.53. The molecule has 2 rings (SSSR count). The van der Waals surface area contributed by atoms with Gasteiger partial charge in [0, 0.05) is 30.4 Å². The van der Waals surface area contributed by atoms with Gasteiger partial charge in [-0.3, -0.25) is 0 Å². The molecule has 100 valence electrons. The van der Waals surface area contributed by atoms with E-state index in [1.807, 2.05) is 18.2 Å². The van der Waals surface area contributed by atoms with Crippen molar-refractivity contribution < 1.29 is 9.47 Å². The van der Waals surface area contributed by atoms with Crippen molar-refractivity contribution in [2.24, 2.45) is 5.92 Å². The van der Waals surface area contributed by atoms with E-state index >= 15 is 0 Å². The number of hydrogen-bond donors (Lipinski definition) is 2. The predicted molar refractivity (Wildman–Crippen MR) is 73.6 cm³/mol. The molecule has 1 fully saturated rings. The molecule has 1 atom stereocenters. The maximum absolute atomic E-state index is 5.26. The molecule has 1 heterocycles. The second kappa shape index (κ2) is 6.50. The van der Waals surface area contributed by atoms with Gasteiger partial charge in [0.2, 0.25) is 0 Å². The van der Waals surface area contributed by atoms with Crippen molar-refractivity contribution in [3.8, 4) is 11.5 Å². The van der Waals surface area contributed by atoms with Crippen LogP contribution in [0.3, 0.4) is 0 Å². The first-order valence-corrected chi connectivity index (χ1v) is 6.49. The number of ether oxygens (including phenoxy) is 2. The van der Waals surface area contributed by atoms with Gasteiger partial charge in [-0.2, -0.15) is 0 Å². The molecule has 1 aliphatic heterocycles. The molecular weight excluding hydrogens is 228 g/mol. The average Bonchev–Trinajstić information content (AvgIpc) is 2.45. The zero-order valence-electron chi connectivity index (χ0n) is 11.2. The number of rotatable bonds is 5. The summed E-state index contributed by atoms with van der Waals surface area (Å²) >= 11 is 0. The number of hydrogen-bond acceptors (Lipinski definition) is 4. The van der Waals surface area contributed by atoms with Gasteiger partial charge in [0.1, 0.15) is 11.5 Å². The number of benzene rings is 1. The van der Waals surface area contributed by atoms with E-state index in [0.29, 0.717) is 5.92 Å². The Labute approximate surface area is 109 Å². The third-order valence-electron chi connectivity index (χ3n) is 3.35. The zero-order chi connectivity index (χ0) is 12.8. The summed E-state index contributed by atoms with van der Waals surface area (Å²) in [6.45, 7) is 3.25. The SMILES string of the molecule is COc1cc(NCC2CCCNC2)cc(OC)c1. The Morgan fingerprint density at radius 1 is 1.22 bits per heavy atom. The zero-order valence-corrected chi connectivity index (χ0v) is 11.2. The Hall–Kier alpha value is -1.42. The molecule has 4 nitrogen and oxygen atoms in total. The number of methoxy groups -OCH3 is 2. The van der Waals surface area contributed by atoms with E-state index in [1.54, 1.807) is 14.2 Å². The minimum absolute atomic E-state index is 0.705. The number of piperidine rings is 1. The third-order valence-corrected chi connectivity index (χ3v) is 3.35. The van der Waals surface area contributed by atoms with Crippen LogP contribution in [0.1, 0.15) is 12.8 Å². The summed E-state index contributed by atoms with van der Waals surface area (Å²) < 4.78 is 10.5. The molecule has 0 saturated carbocycles. The first-order valence-electron chi connectivity index (χ1n) is 6.49. The van der Waals surface area contributed by atoms with Gasteiger partial charge in [-0.05, 0) is 31.8 Å². The summed E-state index contributed by atoms with van der Waals surface area (Å²) in [5.74, 6) is 2.34. The van der Waals surface area contributed by atoms with Crippen molar-refractivity contribution in [1.29, 1.82) is 0 Å². The summed E-state index contributed by atoms with van der Waals surface area (Å²) in [4.78, 5) is 0. The largest absolute Gasteiger partial charge is 0.497 e. The van der Waals surface area contributed by atoms with Gasteiger partial charge in [0.25, 0.3) is 0 Å². The normalized spacial score (nSPS) is 19.3. The standard InChI is InChI=1S/C14H22N2O2/c1-17-13-6-12(7-14(8-13)18-2)16-10-11-4-3-5-15-9-11/h6-8,11,15-16H,3-5,9-10H2,1-2H3. The fourth-order valence-corrected chi connectivity index (χ4v) is 2.27. The van der Waals surface area contributed by atoms with E-state index < -0.39 is 0 Å². The Morgan fingerprint density at radius 2 is 1.94 bits per heavy atom. The fourth-order valence-electron chi connectivity index (χ4n) is 2.27. The van der Waals surface area contributed by atoms with Gasteiger partial charge in [-0.25, -0.2) is 0 Å². The molecule has 0 spiro atoms. The summed E-state index contributed by atoms with van der Waals surface area (Å²) in [6, 6.07) is 5.88. The van der Waals surface area contributed by atoms with Crippen LogP contribution < -0.4 is 20.1 Å². The maximum atomic E-state index is 5.26. The van der Waals surface area contributed by atoms with Crippen molar-refractivity contribution in [2.75, 3.05) is 39.2 Å². The van der Waals surface area contributed by atoms with E-state index in [0.717, 1.165) is 36.8 Å². The van der Waals surface area contributed by atoms with Crippen LogP contribution in [0.5, 0.6) is 11.5 Å². The molecule has 0 aromatic heterocycles. The number of nitrogens with one attached hydrogen (secondary N) is 2. The lowest BCUT2D eigenvalue weighted by Gasteiger charge is -2.23. The van der Waals surface area contributed by atoms with Crippen LogP contribution >= 0.6 is 0 Å². The summed E-state index contributed by atoms with van der Waals surface area (Å²) in [7, 11) is 3.34. The fraction of sp³-hybridized carbons (Fsp3) is 0.571. The Balaban J connectivity index is 1.94. The van der Waals surface area contributed by atoms with Gasteiger partial charge >= 0.3 is 0 Å². The topological polar surface area (TPSA) is 42.5 Å². The van der Waals surface area contributed by atoms with Crippen molar-refractivity contribution >= 4 is 5.69 Å². The molecule has 1 aromatic carbocycles. The second-order valence-electron chi connectivity index (χ2n) is 4.69. The molecule has 0 amide bonds. The van der Waals surface area contributed by atoms with Crippen LogP contribution in [0.25, 0.3) is 0 Å². The second-order valence-corrected chi connectivity index (χ2v) is 4.69. The van der Waals surface area contributed by atoms with Gasteiger partial charge in [-0.15, -0.1) is 0 Å². The van der Waals surface area contributed by atoms with Crippen molar-refractivity contribution in [1.82, 2.24) is 5.32 Å². The van der Waals surface area contributed by atoms with E-state index in [2.05, 4.69) is 10.6 Å². The smallest absolute Gasteiger partial charge is 0.124 e. The van der Waals surface area contributed by atoms with Crippen LogP contribution in [-0.4, -0.2) is 33.9 Å². The van der Waals surface area contributed by atoms with Crippen LogP contribution in [0.15, 0.2) is 18.2 Å². The first kappa shape index (κ1) is 13.0. The Kier molecular flexibility index (Phi) is 4.70. The first-order chi connectivity index (χ1) is 8.81. The molecular formula is C14H22N2O2. The minimum atomic E-state index is 0.705. The predicted octanol–water partition coefficient (Wildman–Crippen LogP) is 2.12. The molecule has 4 heteroatoms. The quantitative estimate of drug-likeness (QED) is 0.840. The lowest BCUT2D eigenvalue weighted by Crippen LogP contribution is -2.33. The summed E-state index contributed by atoms with van der Waals surface area (Å²) in [6.07, 6.45) is 2.56. The Morgan fingerprint density at radius 3 is 2.50 bits per heavy atom. The van der Waals surface area contributed by atoms with E-state index in [9.17, 15) is 0 Å².